The quantitative estimate of drug-likeness (QED) is 0.267. The number of ether oxygens (including phenoxy) is 1. The van der Waals surface area contributed by atoms with E-state index in [0.717, 1.165) is 46.5 Å². The maximum atomic E-state index is 5.84. The molecule has 0 heterocycles. The number of halogens is 2. The van der Waals surface area contributed by atoms with E-state index >= 15 is 0 Å². The van der Waals surface area contributed by atoms with Gasteiger partial charge in [-0.2, -0.15) is 0 Å². The van der Waals surface area contributed by atoms with Crippen LogP contribution in [0.3, 0.4) is 0 Å². The second-order valence-electron chi connectivity index (χ2n) is 11.2. The van der Waals surface area contributed by atoms with Crippen molar-refractivity contribution in [2.75, 3.05) is 35.3 Å². The summed E-state index contributed by atoms with van der Waals surface area (Å²) in [6.45, 7) is 3.93. The summed E-state index contributed by atoms with van der Waals surface area (Å²) >= 11 is 0. The molecule has 4 rings (SSSR count). The second kappa shape index (κ2) is 13.8. The third-order valence-corrected chi connectivity index (χ3v) is 6.66. The van der Waals surface area contributed by atoms with E-state index in [0.29, 0.717) is 0 Å². The lowest BCUT2D eigenvalue weighted by Crippen LogP contribution is -3.00. The number of nitrogens with zero attached hydrogens (tertiary/aromatic N) is 2. The lowest BCUT2D eigenvalue weighted by atomic mass is 10.0. The Morgan fingerprint density at radius 1 is 0.500 bits per heavy atom. The van der Waals surface area contributed by atoms with Gasteiger partial charge in [0.2, 0.25) is 0 Å². The van der Waals surface area contributed by atoms with Crippen LogP contribution < -0.4 is 29.6 Å². The van der Waals surface area contributed by atoms with E-state index in [1.807, 2.05) is 0 Å². The van der Waals surface area contributed by atoms with Crippen molar-refractivity contribution in [3.05, 3.63) is 125 Å². The molecule has 38 heavy (non-hydrogen) atoms. The molecule has 0 bridgehead atoms. The lowest BCUT2D eigenvalue weighted by Gasteiger charge is -2.30. The van der Waals surface area contributed by atoms with Gasteiger partial charge >= 0.3 is 0 Å². The average molecular weight is 552 g/mol. The van der Waals surface area contributed by atoms with E-state index in [1.54, 1.807) is 7.11 Å². The SMILES string of the molecule is COc1cc(C[N+](C)(C)Cc2ccccc2)ccc1-c1ccc(C[N+](C)(C)Cc2ccccc2)cc1.[Cl-].[Cl-]. The molecule has 5 heteroatoms. The Hall–Kier alpha value is -2.82. The number of hydrogen-bond acceptors (Lipinski definition) is 1. The van der Waals surface area contributed by atoms with Crippen molar-refractivity contribution in [2.24, 2.45) is 0 Å². The van der Waals surface area contributed by atoms with Gasteiger partial charge in [0.1, 0.15) is 31.9 Å². The monoisotopic (exact) mass is 550 g/mol. The molecule has 0 aromatic heterocycles. The van der Waals surface area contributed by atoms with Gasteiger partial charge in [0, 0.05) is 27.8 Å². The van der Waals surface area contributed by atoms with Crippen LogP contribution in [0.2, 0.25) is 0 Å². The molecule has 0 aliphatic carbocycles. The molecule has 0 spiro atoms. The molecule has 0 aliphatic heterocycles. The van der Waals surface area contributed by atoms with Crippen LogP contribution in [0.5, 0.6) is 5.75 Å². The molecule has 0 amide bonds. The predicted octanol–water partition coefficient (Wildman–Crippen LogP) is 0.923. The number of quaternary nitrogens is 2. The van der Waals surface area contributed by atoms with Crippen molar-refractivity contribution >= 4 is 0 Å². The zero-order valence-electron chi connectivity index (χ0n) is 23.2. The van der Waals surface area contributed by atoms with Crippen LogP contribution in [0.25, 0.3) is 11.1 Å². The van der Waals surface area contributed by atoms with Gasteiger partial charge < -0.3 is 38.5 Å². The fraction of sp³-hybridized carbons (Fsp3) is 0.273. The summed E-state index contributed by atoms with van der Waals surface area (Å²) in [7, 11) is 10.9. The van der Waals surface area contributed by atoms with Crippen LogP contribution in [-0.2, 0) is 26.2 Å². The molecule has 0 saturated carbocycles. The minimum Gasteiger partial charge on any atom is -1.00 e. The van der Waals surface area contributed by atoms with E-state index in [-0.39, 0.29) is 24.8 Å². The number of hydrogen-bond donors (Lipinski definition) is 0. The molecule has 4 aromatic carbocycles. The molecular weight excluding hydrogens is 511 g/mol. The maximum Gasteiger partial charge on any atom is 0.127 e. The van der Waals surface area contributed by atoms with Crippen molar-refractivity contribution in [2.45, 2.75) is 26.2 Å². The van der Waals surface area contributed by atoms with Gasteiger partial charge in [0.15, 0.2) is 0 Å². The van der Waals surface area contributed by atoms with Crippen LogP contribution in [0.15, 0.2) is 103 Å². The third-order valence-electron chi connectivity index (χ3n) is 6.66. The van der Waals surface area contributed by atoms with Crippen LogP contribution in [0.4, 0.5) is 0 Å². The molecule has 202 valence electrons. The molecule has 0 radical (unpaired) electrons. The van der Waals surface area contributed by atoms with E-state index in [4.69, 9.17) is 4.74 Å². The van der Waals surface area contributed by atoms with Crippen molar-refractivity contribution in [3.63, 3.8) is 0 Å². The fourth-order valence-corrected chi connectivity index (χ4v) is 5.12. The summed E-state index contributed by atoms with van der Waals surface area (Å²) in [6, 6.07) is 37.1. The van der Waals surface area contributed by atoms with Crippen molar-refractivity contribution in [3.8, 4) is 16.9 Å². The highest BCUT2D eigenvalue weighted by Crippen LogP contribution is 2.32. The number of benzene rings is 4. The van der Waals surface area contributed by atoms with Crippen molar-refractivity contribution in [1.82, 2.24) is 0 Å². The van der Waals surface area contributed by atoms with Crippen LogP contribution in [-0.4, -0.2) is 44.3 Å². The van der Waals surface area contributed by atoms with E-state index in [9.17, 15) is 0 Å². The van der Waals surface area contributed by atoms with Crippen LogP contribution >= 0.6 is 0 Å². The minimum absolute atomic E-state index is 0. The Morgan fingerprint density at radius 3 is 1.34 bits per heavy atom. The molecule has 0 N–H and O–H groups in total. The highest BCUT2D eigenvalue weighted by molar-refractivity contribution is 5.71. The zero-order chi connectivity index (χ0) is 25.6. The highest BCUT2D eigenvalue weighted by atomic mass is 35.5. The Balaban J connectivity index is 0.00000253. The minimum atomic E-state index is 0. The van der Waals surface area contributed by atoms with Crippen LogP contribution in [0.1, 0.15) is 22.3 Å². The maximum absolute atomic E-state index is 5.84. The second-order valence-corrected chi connectivity index (χ2v) is 11.2. The Kier molecular flexibility index (Phi) is 11.4. The van der Waals surface area contributed by atoms with Gasteiger partial charge in [0.25, 0.3) is 0 Å². The molecule has 0 atom stereocenters. The summed E-state index contributed by atoms with van der Waals surface area (Å²) in [6.07, 6.45) is 0. The van der Waals surface area contributed by atoms with E-state index in [2.05, 4.69) is 131 Å². The molecule has 0 fully saturated rings. The Morgan fingerprint density at radius 2 is 0.895 bits per heavy atom. The molecule has 0 aliphatic rings. The standard InChI is InChI=1S/C33H40N2O.2ClH/c1-34(2,23-27-12-8-6-9-13-27)25-29-16-19-31(20-17-29)32-21-18-30(22-33(32)36-5)26-35(3,4)24-28-14-10-7-11-15-28;;/h6-22H,23-26H2,1-5H3;2*1H/q+2;;/p-2. The Labute approximate surface area is 241 Å². The first kappa shape index (κ1) is 31.4. The first-order valence-corrected chi connectivity index (χ1v) is 12.7. The molecule has 3 nitrogen and oxygen atoms in total. The largest absolute Gasteiger partial charge is 1.00 e. The molecule has 0 saturated heterocycles. The van der Waals surface area contributed by atoms with Gasteiger partial charge in [0.05, 0.1) is 35.3 Å². The van der Waals surface area contributed by atoms with Gasteiger partial charge in [-0.25, -0.2) is 0 Å². The Bertz CT molecular complexity index is 1260. The molecule has 0 unspecified atom stereocenters. The van der Waals surface area contributed by atoms with Gasteiger partial charge in [-0.1, -0.05) is 97.1 Å². The summed E-state index contributed by atoms with van der Waals surface area (Å²) in [5, 5.41) is 0. The predicted molar refractivity (Wildman–Crippen MR) is 150 cm³/mol. The van der Waals surface area contributed by atoms with Crippen LogP contribution in [0, 0.1) is 0 Å². The highest BCUT2D eigenvalue weighted by Gasteiger charge is 2.19. The topological polar surface area (TPSA) is 9.23 Å². The van der Waals surface area contributed by atoms with E-state index in [1.165, 1.54) is 27.8 Å². The smallest absolute Gasteiger partial charge is 0.127 e. The van der Waals surface area contributed by atoms with Crippen molar-refractivity contribution in [1.29, 1.82) is 0 Å². The first-order valence-electron chi connectivity index (χ1n) is 12.7. The van der Waals surface area contributed by atoms with Gasteiger partial charge in [-0.05, 0) is 11.6 Å². The van der Waals surface area contributed by atoms with Gasteiger partial charge in [-0.15, -0.1) is 0 Å². The summed E-state index contributed by atoms with van der Waals surface area (Å²) in [5.41, 5.74) is 7.68. The normalized spacial score (nSPS) is 11.3. The van der Waals surface area contributed by atoms with E-state index < -0.39 is 0 Å². The fourth-order valence-electron chi connectivity index (χ4n) is 5.12. The summed E-state index contributed by atoms with van der Waals surface area (Å²) < 4.78 is 7.64. The molecule has 4 aromatic rings. The summed E-state index contributed by atoms with van der Waals surface area (Å²) in [4.78, 5) is 0. The lowest BCUT2D eigenvalue weighted by molar-refractivity contribution is -0.916. The zero-order valence-corrected chi connectivity index (χ0v) is 24.7. The van der Waals surface area contributed by atoms with Gasteiger partial charge in [-0.3, -0.25) is 0 Å². The summed E-state index contributed by atoms with van der Waals surface area (Å²) in [5.74, 6) is 0.931. The molecular formula is C33H40Cl2N2O. The average Bonchev–Trinajstić information content (AvgIpc) is 2.84. The number of methoxy groups -OCH3 is 1. The van der Waals surface area contributed by atoms with Crippen molar-refractivity contribution < 1.29 is 38.5 Å². The number of rotatable bonds is 10. The first-order chi connectivity index (χ1) is 17.2. The third kappa shape index (κ3) is 8.89.